The molecule has 1 unspecified atom stereocenters. The molecule has 1 fully saturated rings. The summed E-state index contributed by atoms with van der Waals surface area (Å²) in [6, 6.07) is 2.70. The van der Waals surface area contributed by atoms with Crippen molar-refractivity contribution in [2.24, 2.45) is 11.6 Å². The van der Waals surface area contributed by atoms with Crippen LogP contribution in [-0.2, 0) is 4.79 Å². The number of hydrazine groups is 1. The van der Waals surface area contributed by atoms with Crippen LogP contribution in [0.15, 0.2) is 37.2 Å². The molecule has 1 saturated heterocycles. The molecule has 2 heterocycles. The average Bonchev–Trinajstić information content (AvgIpc) is 2.59. The highest BCUT2D eigenvalue weighted by Crippen LogP contribution is 2.29. The van der Waals surface area contributed by atoms with Crippen LogP contribution in [0.3, 0.4) is 0 Å². The second-order valence-corrected chi connectivity index (χ2v) is 5.85. The molecule has 5 N–H and O–H groups in total. The molecular weight excluding hydrogens is 330 g/mol. The summed E-state index contributed by atoms with van der Waals surface area (Å²) >= 11 is 0. The molecule has 7 nitrogen and oxygen atoms in total. The summed E-state index contributed by atoms with van der Waals surface area (Å²) in [6.45, 7) is 2.76. The molecule has 1 aliphatic rings. The maximum Gasteiger partial charge on any atom is 0.267 e. The first kappa shape index (κ1) is 18.7. The number of aromatic nitrogens is 1. The highest BCUT2D eigenvalue weighted by atomic mass is 19.3. The molecule has 0 spiro atoms. The molecule has 0 bridgehead atoms. The summed E-state index contributed by atoms with van der Waals surface area (Å²) < 4.78 is 27.9. The molecule has 1 aliphatic heterocycles. The molecule has 1 aromatic heterocycles. The smallest absolute Gasteiger partial charge is 0.267 e. The van der Waals surface area contributed by atoms with E-state index in [9.17, 15) is 13.6 Å². The number of likely N-dealkylation sites (tertiary alicyclic amines) is 1. The third-order valence-electron chi connectivity index (χ3n) is 3.94. The number of carbonyl (C=O) groups excluding carboxylic acids is 1. The Balaban J connectivity index is 2.15. The van der Waals surface area contributed by atoms with Crippen molar-refractivity contribution in [3.63, 3.8) is 0 Å². The zero-order valence-electron chi connectivity index (χ0n) is 14.0. The Kier molecular flexibility index (Phi) is 5.58. The molecule has 9 heteroatoms. The van der Waals surface area contributed by atoms with Crippen LogP contribution >= 0.6 is 0 Å². The zero-order chi connectivity index (χ0) is 18.6. The van der Waals surface area contributed by atoms with Gasteiger partial charge in [-0.3, -0.25) is 4.79 Å². The van der Waals surface area contributed by atoms with E-state index in [-0.39, 0.29) is 12.2 Å². The highest BCUT2D eigenvalue weighted by molar-refractivity contribution is 5.87. The summed E-state index contributed by atoms with van der Waals surface area (Å²) in [5.74, 6) is 3.00. The maximum absolute atomic E-state index is 13.9. The molecule has 1 aromatic rings. The van der Waals surface area contributed by atoms with Gasteiger partial charge in [-0.05, 0) is 18.2 Å². The number of halogens is 2. The number of nitrogens with two attached hydrogens (primary N) is 2. The van der Waals surface area contributed by atoms with E-state index in [0.29, 0.717) is 11.4 Å². The van der Waals surface area contributed by atoms with E-state index in [0.717, 1.165) is 16.0 Å². The van der Waals surface area contributed by atoms with Gasteiger partial charge in [-0.15, -0.1) is 0 Å². The fourth-order valence-electron chi connectivity index (χ4n) is 2.62. The highest BCUT2D eigenvalue weighted by Gasteiger charge is 2.42. The first-order chi connectivity index (χ1) is 11.8. The van der Waals surface area contributed by atoms with E-state index >= 15 is 0 Å². The second kappa shape index (κ2) is 7.47. The van der Waals surface area contributed by atoms with Crippen molar-refractivity contribution in [3.8, 4) is 0 Å². The minimum atomic E-state index is -3.03. The number of alkyl halides is 2. The Labute approximate surface area is 144 Å². The van der Waals surface area contributed by atoms with E-state index < -0.39 is 30.8 Å². The number of anilines is 1. The van der Waals surface area contributed by atoms with Crippen molar-refractivity contribution in [2.75, 3.05) is 25.5 Å². The monoisotopic (exact) mass is 352 g/mol. The van der Waals surface area contributed by atoms with E-state index in [1.807, 2.05) is 0 Å². The topological polar surface area (TPSA) is 101 Å². The van der Waals surface area contributed by atoms with E-state index in [2.05, 4.69) is 16.9 Å². The first-order valence-electron chi connectivity index (χ1n) is 7.69. The van der Waals surface area contributed by atoms with Crippen LogP contribution in [0.1, 0.15) is 12.0 Å². The number of nitrogens with zero attached hydrogens (tertiary/aromatic N) is 3. The number of amides is 1. The molecule has 25 heavy (non-hydrogen) atoms. The molecule has 1 atom stereocenters. The molecule has 0 aromatic carbocycles. The minimum absolute atomic E-state index is 0.0671. The lowest BCUT2D eigenvalue weighted by atomic mass is 10.0. The number of rotatable bonds is 5. The Bertz CT molecular complexity index is 661. The Hall–Kier alpha value is -2.68. The van der Waals surface area contributed by atoms with Gasteiger partial charge in [-0.25, -0.2) is 19.6 Å². The average molecular weight is 352 g/mol. The normalized spacial score (nSPS) is 20.1. The molecule has 0 aliphatic carbocycles. The predicted octanol–water partition coefficient (Wildman–Crippen LogP) is 0.978. The van der Waals surface area contributed by atoms with E-state index in [4.69, 9.17) is 11.6 Å². The molecule has 2 rings (SSSR count). The fraction of sp³-hybridized carbons (Fsp3) is 0.375. The van der Waals surface area contributed by atoms with E-state index in [1.165, 1.54) is 6.20 Å². The molecule has 1 amide bonds. The molecule has 0 radical (unpaired) electrons. The minimum Gasteiger partial charge on any atom is -0.397 e. The van der Waals surface area contributed by atoms with Gasteiger partial charge in [-0.2, -0.15) is 0 Å². The van der Waals surface area contributed by atoms with Gasteiger partial charge in [0.2, 0.25) is 5.91 Å². The lowest BCUT2D eigenvalue weighted by Crippen LogP contribution is -2.57. The van der Waals surface area contributed by atoms with Gasteiger partial charge >= 0.3 is 0 Å². The van der Waals surface area contributed by atoms with Gasteiger partial charge in [0, 0.05) is 38.0 Å². The van der Waals surface area contributed by atoms with Gasteiger partial charge in [0.1, 0.15) is 5.82 Å². The van der Waals surface area contributed by atoms with Crippen LogP contribution in [0.25, 0.3) is 5.70 Å². The summed E-state index contributed by atoms with van der Waals surface area (Å²) in [5, 5.41) is 4.00. The standard InChI is InChI=1S/C16H22F2N6O/c1-3-15(25)23-8-12(6-16(17,18)10-23)24(20)9-13(19)11-4-5-14(21-2)22-7-11/h3-5,7,9,12H,1,6,8,10,19-20H2,2H3,(H,21,22)/b13-9-. The maximum atomic E-state index is 13.9. The van der Waals surface area contributed by atoms with Gasteiger partial charge < -0.3 is 21.0 Å². The number of carbonyl (C=O) groups is 1. The Morgan fingerprint density at radius 3 is 2.84 bits per heavy atom. The molecular formula is C16H22F2N6O. The van der Waals surface area contributed by atoms with Crippen molar-refractivity contribution in [1.29, 1.82) is 0 Å². The molecule has 0 saturated carbocycles. The summed E-state index contributed by atoms with van der Waals surface area (Å²) in [5.41, 5.74) is 6.87. The van der Waals surface area contributed by atoms with Crippen LogP contribution in [0.2, 0.25) is 0 Å². The van der Waals surface area contributed by atoms with Crippen molar-refractivity contribution >= 4 is 17.4 Å². The van der Waals surface area contributed by atoms with Crippen LogP contribution < -0.4 is 16.9 Å². The van der Waals surface area contributed by atoms with Crippen LogP contribution in [0.4, 0.5) is 14.6 Å². The van der Waals surface area contributed by atoms with Crippen LogP contribution in [-0.4, -0.2) is 52.9 Å². The Morgan fingerprint density at radius 1 is 1.56 bits per heavy atom. The van der Waals surface area contributed by atoms with Gasteiger partial charge in [0.15, 0.2) is 0 Å². The van der Waals surface area contributed by atoms with E-state index in [1.54, 1.807) is 25.4 Å². The van der Waals surface area contributed by atoms with Crippen molar-refractivity contribution < 1.29 is 13.6 Å². The SMILES string of the molecule is C=CC(=O)N1CC(N(N)/C=C(\N)c2ccc(NC)nc2)CC(F)(F)C1. The zero-order valence-corrected chi connectivity index (χ0v) is 14.0. The number of hydrogen-bond donors (Lipinski definition) is 3. The number of pyridine rings is 1. The Morgan fingerprint density at radius 2 is 2.28 bits per heavy atom. The van der Waals surface area contributed by atoms with Crippen LogP contribution in [0.5, 0.6) is 0 Å². The van der Waals surface area contributed by atoms with Gasteiger partial charge in [-0.1, -0.05) is 6.58 Å². The third-order valence-corrected chi connectivity index (χ3v) is 3.94. The van der Waals surface area contributed by atoms with Gasteiger partial charge in [0.05, 0.1) is 18.3 Å². The predicted molar refractivity (Wildman–Crippen MR) is 92.1 cm³/mol. The second-order valence-electron chi connectivity index (χ2n) is 5.85. The summed E-state index contributed by atoms with van der Waals surface area (Å²) in [6.07, 6.45) is 3.47. The number of piperidine rings is 1. The largest absolute Gasteiger partial charge is 0.397 e. The van der Waals surface area contributed by atoms with Crippen LogP contribution in [0, 0.1) is 0 Å². The van der Waals surface area contributed by atoms with Crippen molar-refractivity contribution in [3.05, 3.63) is 42.7 Å². The fourth-order valence-corrected chi connectivity index (χ4v) is 2.62. The number of nitrogens with one attached hydrogen (secondary N) is 1. The van der Waals surface area contributed by atoms with Crippen molar-refractivity contribution in [1.82, 2.24) is 14.9 Å². The summed E-state index contributed by atoms with van der Waals surface area (Å²) in [7, 11) is 1.74. The first-order valence-corrected chi connectivity index (χ1v) is 7.69. The van der Waals surface area contributed by atoms with Gasteiger partial charge in [0.25, 0.3) is 5.92 Å². The van der Waals surface area contributed by atoms with Crippen molar-refractivity contribution in [2.45, 2.75) is 18.4 Å². The third kappa shape index (κ3) is 4.66. The lowest BCUT2D eigenvalue weighted by molar-refractivity contribution is -0.141. The quantitative estimate of drug-likeness (QED) is 0.415. The number of hydrogen-bond acceptors (Lipinski definition) is 6. The molecule has 136 valence electrons. The summed E-state index contributed by atoms with van der Waals surface area (Å²) in [4.78, 5) is 16.9. The lowest BCUT2D eigenvalue weighted by Gasteiger charge is -2.40.